The monoisotopic (exact) mass is 367 g/mol. The zero-order chi connectivity index (χ0) is 18.2. The number of anilines is 1. The third-order valence-electron chi connectivity index (χ3n) is 3.49. The number of aromatic nitrogens is 2. The standard InChI is InChI=1S/C16H12F3N3O2S/c1-9-3-2-4-11-14(9)21-15(25-11)20-12(23)8-22-7-10(16(17,18)19)5-6-13(22)24/h2-7H,8H2,1H3,(H,20,21,23). The highest BCUT2D eigenvalue weighted by molar-refractivity contribution is 7.22. The maximum absolute atomic E-state index is 12.7. The number of thiazole rings is 1. The summed E-state index contributed by atoms with van der Waals surface area (Å²) in [6.45, 7) is 1.35. The van der Waals surface area contributed by atoms with Crippen molar-refractivity contribution in [1.82, 2.24) is 9.55 Å². The zero-order valence-electron chi connectivity index (χ0n) is 12.9. The molecule has 3 aromatic rings. The summed E-state index contributed by atoms with van der Waals surface area (Å²) in [7, 11) is 0. The molecule has 0 fully saturated rings. The Morgan fingerprint density at radius 1 is 1.28 bits per heavy atom. The molecule has 2 heterocycles. The molecule has 3 rings (SSSR count). The summed E-state index contributed by atoms with van der Waals surface area (Å²) in [5.41, 5.74) is 0.0150. The van der Waals surface area contributed by atoms with Crippen molar-refractivity contribution in [2.24, 2.45) is 0 Å². The number of fused-ring (bicyclic) bond motifs is 1. The fourth-order valence-electron chi connectivity index (χ4n) is 2.28. The first-order chi connectivity index (χ1) is 11.7. The summed E-state index contributed by atoms with van der Waals surface area (Å²) < 4.78 is 39.7. The molecule has 1 amide bonds. The van der Waals surface area contributed by atoms with Gasteiger partial charge in [-0.25, -0.2) is 4.98 Å². The molecule has 0 aliphatic carbocycles. The summed E-state index contributed by atoms with van der Waals surface area (Å²) in [6, 6.07) is 7.08. The van der Waals surface area contributed by atoms with Crippen LogP contribution in [0.15, 0.2) is 41.3 Å². The van der Waals surface area contributed by atoms with E-state index in [0.29, 0.717) is 17.4 Å². The lowest BCUT2D eigenvalue weighted by Crippen LogP contribution is -2.28. The van der Waals surface area contributed by atoms with Gasteiger partial charge in [0.2, 0.25) is 5.91 Å². The predicted octanol–water partition coefficient (Wildman–Crippen LogP) is 3.42. The topological polar surface area (TPSA) is 64.0 Å². The number of alkyl halides is 3. The Morgan fingerprint density at radius 2 is 2.04 bits per heavy atom. The Morgan fingerprint density at radius 3 is 2.72 bits per heavy atom. The van der Waals surface area contributed by atoms with Crippen LogP contribution in [-0.4, -0.2) is 15.5 Å². The Labute approximate surface area is 143 Å². The molecule has 0 atom stereocenters. The van der Waals surface area contributed by atoms with Crippen LogP contribution >= 0.6 is 11.3 Å². The van der Waals surface area contributed by atoms with Gasteiger partial charge in [0.1, 0.15) is 6.54 Å². The fourth-order valence-corrected chi connectivity index (χ4v) is 3.24. The van der Waals surface area contributed by atoms with Crippen molar-refractivity contribution >= 4 is 32.6 Å². The van der Waals surface area contributed by atoms with Crippen LogP contribution < -0.4 is 10.9 Å². The molecule has 130 valence electrons. The number of rotatable bonds is 3. The molecule has 2 aromatic heterocycles. The van der Waals surface area contributed by atoms with Crippen molar-refractivity contribution in [3.63, 3.8) is 0 Å². The van der Waals surface area contributed by atoms with Crippen molar-refractivity contribution in [2.75, 3.05) is 5.32 Å². The number of nitrogens with zero attached hydrogens (tertiary/aromatic N) is 2. The molecular weight excluding hydrogens is 355 g/mol. The van der Waals surface area contributed by atoms with Crippen LogP contribution in [0, 0.1) is 6.92 Å². The lowest BCUT2D eigenvalue weighted by molar-refractivity contribution is -0.138. The Bertz CT molecular complexity index is 1010. The van der Waals surface area contributed by atoms with Crippen molar-refractivity contribution in [3.8, 4) is 0 Å². The lowest BCUT2D eigenvalue weighted by Gasteiger charge is -2.10. The van der Waals surface area contributed by atoms with Gasteiger partial charge in [0.25, 0.3) is 5.56 Å². The van der Waals surface area contributed by atoms with Crippen LogP contribution in [0.2, 0.25) is 0 Å². The highest BCUT2D eigenvalue weighted by atomic mass is 32.1. The molecular formula is C16H12F3N3O2S. The molecule has 9 heteroatoms. The minimum absolute atomic E-state index is 0.328. The van der Waals surface area contributed by atoms with Gasteiger partial charge in [0.15, 0.2) is 5.13 Å². The fraction of sp³-hybridized carbons (Fsp3) is 0.188. The molecule has 1 aromatic carbocycles. The molecule has 0 spiro atoms. The van der Waals surface area contributed by atoms with Crippen molar-refractivity contribution < 1.29 is 18.0 Å². The van der Waals surface area contributed by atoms with E-state index in [1.165, 1.54) is 11.3 Å². The maximum atomic E-state index is 12.7. The largest absolute Gasteiger partial charge is 0.417 e. The first-order valence-electron chi connectivity index (χ1n) is 7.18. The molecule has 25 heavy (non-hydrogen) atoms. The number of amides is 1. The molecule has 0 aliphatic rings. The van der Waals surface area contributed by atoms with E-state index in [9.17, 15) is 22.8 Å². The van der Waals surface area contributed by atoms with Gasteiger partial charge in [-0.1, -0.05) is 23.5 Å². The second-order valence-corrected chi connectivity index (χ2v) is 6.40. The minimum atomic E-state index is -4.59. The SMILES string of the molecule is Cc1cccc2sc(NC(=O)Cn3cc(C(F)(F)F)ccc3=O)nc12. The highest BCUT2D eigenvalue weighted by Gasteiger charge is 2.31. The van der Waals surface area contributed by atoms with Crippen LogP contribution in [0.1, 0.15) is 11.1 Å². The number of benzene rings is 1. The number of aryl methyl sites for hydroxylation is 1. The molecule has 0 radical (unpaired) electrons. The Hall–Kier alpha value is -2.68. The van der Waals surface area contributed by atoms with Gasteiger partial charge in [-0.3, -0.25) is 9.59 Å². The van der Waals surface area contributed by atoms with E-state index in [4.69, 9.17) is 0 Å². The van der Waals surface area contributed by atoms with E-state index in [1.807, 2.05) is 25.1 Å². The summed E-state index contributed by atoms with van der Waals surface area (Å²) in [4.78, 5) is 28.0. The summed E-state index contributed by atoms with van der Waals surface area (Å²) in [5, 5.41) is 2.85. The van der Waals surface area contributed by atoms with Gasteiger partial charge in [-0.15, -0.1) is 0 Å². The zero-order valence-corrected chi connectivity index (χ0v) is 13.7. The number of pyridine rings is 1. The Balaban J connectivity index is 1.80. The number of hydrogen-bond donors (Lipinski definition) is 1. The van der Waals surface area contributed by atoms with E-state index >= 15 is 0 Å². The number of carbonyl (C=O) groups excluding carboxylic acids is 1. The molecule has 0 saturated heterocycles. The van der Waals surface area contributed by atoms with Crippen LogP contribution in [-0.2, 0) is 17.5 Å². The summed E-state index contributed by atoms with van der Waals surface area (Å²) >= 11 is 1.25. The summed E-state index contributed by atoms with van der Waals surface area (Å²) in [5.74, 6) is -0.627. The summed E-state index contributed by atoms with van der Waals surface area (Å²) in [6.07, 6.45) is -3.96. The van der Waals surface area contributed by atoms with Crippen LogP contribution in [0.3, 0.4) is 0 Å². The van der Waals surface area contributed by atoms with Crippen molar-refractivity contribution in [1.29, 1.82) is 0 Å². The molecule has 5 nitrogen and oxygen atoms in total. The average Bonchev–Trinajstić information content (AvgIpc) is 2.92. The quantitative estimate of drug-likeness (QED) is 0.771. The van der Waals surface area contributed by atoms with E-state index in [-0.39, 0.29) is 0 Å². The van der Waals surface area contributed by atoms with Gasteiger partial charge in [-0.05, 0) is 24.6 Å². The number of carbonyl (C=O) groups is 1. The second kappa shape index (κ2) is 6.32. The molecule has 0 saturated carbocycles. The highest BCUT2D eigenvalue weighted by Crippen LogP contribution is 2.29. The predicted molar refractivity (Wildman–Crippen MR) is 88.7 cm³/mol. The normalized spacial score (nSPS) is 11.7. The smallest absolute Gasteiger partial charge is 0.305 e. The molecule has 0 bridgehead atoms. The van der Waals surface area contributed by atoms with Gasteiger partial charge in [0, 0.05) is 12.3 Å². The van der Waals surface area contributed by atoms with E-state index in [2.05, 4.69) is 10.3 Å². The van der Waals surface area contributed by atoms with E-state index in [1.54, 1.807) is 0 Å². The molecule has 0 aliphatic heterocycles. The van der Waals surface area contributed by atoms with Crippen molar-refractivity contribution in [3.05, 3.63) is 58.0 Å². The first-order valence-corrected chi connectivity index (χ1v) is 7.99. The molecule has 0 unspecified atom stereocenters. The van der Waals surface area contributed by atoms with Gasteiger partial charge in [-0.2, -0.15) is 13.2 Å². The van der Waals surface area contributed by atoms with Crippen LogP contribution in [0.4, 0.5) is 18.3 Å². The van der Waals surface area contributed by atoms with Gasteiger partial charge >= 0.3 is 6.18 Å². The Kier molecular flexibility index (Phi) is 4.34. The first kappa shape index (κ1) is 17.2. The van der Waals surface area contributed by atoms with Crippen LogP contribution in [0.5, 0.6) is 0 Å². The number of para-hydroxylation sites is 1. The second-order valence-electron chi connectivity index (χ2n) is 5.37. The minimum Gasteiger partial charge on any atom is -0.305 e. The third kappa shape index (κ3) is 3.71. The number of nitrogens with one attached hydrogen (secondary N) is 1. The van der Waals surface area contributed by atoms with Crippen molar-refractivity contribution in [2.45, 2.75) is 19.6 Å². The maximum Gasteiger partial charge on any atom is 0.417 e. The lowest BCUT2D eigenvalue weighted by atomic mass is 10.2. The van der Waals surface area contributed by atoms with Gasteiger partial charge < -0.3 is 9.88 Å². The third-order valence-corrected chi connectivity index (χ3v) is 4.43. The van der Waals surface area contributed by atoms with Gasteiger partial charge in [0.05, 0.1) is 15.8 Å². The van der Waals surface area contributed by atoms with E-state index in [0.717, 1.165) is 26.4 Å². The molecule has 1 N–H and O–H groups in total. The van der Waals surface area contributed by atoms with Crippen LogP contribution in [0.25, 0.3) is 10.2 Å². The number of halogens is 3. The van der Waals surface area contributed by atoms with E-state index < -0.39 is 29.8 Å². The number of hydrogen-bond acceptors (Lipinski definition) is 4. The average molecular weight is 367 g/mol.